The molecule has 1 fully saturated rings. The van der Waals surface area contributed by atoms with Gasteiger partial charge in [-0.3, -0.25) is 4.90 Å². The molecule has 0 radical (unpaired) electrons. The lowest BCUT2D eigenvalue weighted by molar-refractivity contribution is 0.0509. The summed E-state index contributed by atoms with van der Waals surface area (Å²) in [7, 11) is 0. The van der Waals surface area contributed by atoms with E-state index in [4.69, 9.17) is 4.74 Å². The number of carbonyl (C=O) groups excluding carboxylic acids is 1. The van der Waals surface area contributed by atoms with Crippen LogP contribution in [-0.4, -0.2) is 36.2 Å². The molecule has 5 heteroatoms. The smallest absolute Gasteiger partial charge is 0.407 e. The van der Waals surface area contributed by atoms with Gasteiger partial charge in [0.1, 0.15) is 5.60 Å². The molecule has 2 rings (SSSR count). The fraction of sp³-hybridized carbons (Fsp3) is 0.611. The third-order valence-electron chi connectivity index (χ3n) is 3.99. The van der Waals surface area contributed by atoms with Gasteiger partial charge in [0, 0.05) is 17.6 Å². The number of hydrogen-bond donors (Lipinski definition) is 1. The molecule has 1 aromatic rings. The Morgan fingerprint density at radius 1 is 1.30 bits per heavy atom. The predicted octanol–water partition coefficient (Wildman–Crippen LogP) is 4.19. The Labute approximate surface area is 147 Å². The number of piperidine rings is 1. The number of nitrogens with zero attached hydrogens (tertiary/aromatic N) is 1. The second kappa shape index (κ2) is 8.15. The van der Waals surface area contributed by atoms with Gasteiger partial charge in [0.2, 0.25) is 0 Å². The van der Waals surface area contributed by atoms with Crippen molar-refractivity contribution >= 4 is 22.0 Å². The van der Waals surface area contributed by atoms with E-state index in [2.05, 4.69) is 44.3 Å². The summed E-state index contributed by atoms with van der Waals surface area (Å²) in [4.78, 5) is 14.2. The average molecular weight is 383 g/mol. The van der Waals surface area contributed by atoms with Crippen molar-refractivity contribution in [3.63, 3.8) is 0 Å². The maximum Gasteiger partial charge on any atom is 0.407 e. The quantitative estimate of drug-likeness (QED) is 0.848. The maximum atomic E-state index is 11.7. The Morgan fingerprint density at radius 2 is 1.96 bits per heavy atom. The standard InChI is InChI=1S/C18H27BrN2O2/c1-18(2,3)23-17(22)20-12-14-8-10-21(11-9-14)13-15-6-4-5-7-16(15)19/h4-7,14H,8-13H2,1-3H3,(H,20,22). The van der Waals surface area contributed by atoms with Crippen LogP contribution in [0.3, 0.4) is 0 Å². The van der Waals surface area contributed by atoms with Crippen LogP contribution >= 0.6 is 15.9 Å². The van der Waals surface area contributed by atoms with E-state index in [0.29, 0.717) is 12.5 Å². The number of benzene rings is 1. The molecule has 1 heterocycles. The van der Waals surface area contributed by atoms with Crippen LogP contribution < -0.4 is 5.32 Å². The highest BCUT2D eigenvalue weighted by atomic mass is 79.9. The molecule has 1 N–H and O–H groups in total. The van der Waals surface area contributed by atoms with E-state index in [0.717, 1.165) is 32.5 Å². The van der Waals surface area contributed by atoms with Crippen molar-refractivity contribution in [2.24, 2.45) is 5.92 Å². The van der Waals surface area contributed by atoms with E-state index in [9.17, 15) is 4.79 Å². The summed E-state index contributed by atoms with van der Waals surface area (Å²) in [5.41, 5.74) is 0.897. The van der Waals surface area contributed by atoms with Gasteiger partial charge in [0.25, 0.3) is 0 Å². The fourth-order valence-corrected chi connectivity index (χ4v) is 3.17. The fourth-order valence-electron chi connectivity index (χ4n) is 2.76. The van der Waals surface area contributed by atoms with E-state index < -0.39 is 5.60 Å². The summed E-state index contributed by atoms with van der Waals surface area (Å²) in [6, 6.07) is 8.38. The number of likely N-dealkylation sites (tertiary alicyclic amines) is 1. The Kier molecular flexibility index (Phi) is 6.48. The summed E-state index contributed by atoms with van der Waals surface area (Å²) in [6.45, 7) is 9.47. The molecule has 0 atom stereocenters. The third-order valence-corrected chi connectivity index (χ3v) is 4.77. The Bertz CT molecular complexity index is 520. The summed E-state index contributed by atoms with van der Waals surface area (Å²) in [5.74, 6) is 0.540. The van der Waals surface area contributed by atoms with Gasteiger partial charge in [0.05, 0.1) is 0 Å². The van der Waals surface area contributed by atoms with Crippen molar-refractivity contribution in [3.8, 4) is 0 Å². The van der Waals surface area contributed by atoms with Crippen LogP contribution in [0.15, 0.2) is 28.7 Å². The number of rotatable bonds is 4. The first-order valence-electron chi connectivity index (χ1n) is 8.26. The van der Waals surface area contributed by atoms with Crippen LogP contribution in [-0.2, 0) is 11.3 Å². The Balaban J connectivity index is 1.70. The van der Waals surface area contributed by atoms with Crippen molar-refractivity contribution in [2.45, 2.75) is 45.8 Å². The lowest BCUT2D eigenvalue weighted by atomic mass is 9.96. The topological polar surface area (TPSA) is 41.6 Å². The van der Waals surface area contributed by atoms with Crippen LogP contribution in [0, 0.1) is 5.92 Å². The third kappa shape index (κ3) is 6.51. The average Bonchev–Trinajstić information content (AvgIpc) is 2.47. The van der Waals surface area contributed by atoms with Crippen molar-refractivity contribution in [1.29, 1.82) is 0 Å². The van der Waals surface area contributed by atoms with Gasteiger partial charge < -0.3 is 10.1 Å². The highest BCUT2D eigenvalue weighted by Gasteiger charge is 2.21. The molecule has 0 bridgehead atoms. The molecule has 0 spiro atoms. The van der Waals surface area contributed by atoms with E-state index in [1.54, 1.807) is 0 Å². The number of nitrogens with one attached hydrogen (secondary N) is 1. The molecule has 0 aromatic heterocycles. The summed E-state index contributed by atoms with van der Waals surface area (Å²) in [5, 5.41) is 2.90. The van der Waals surface area contributed by atoms with Crippen molar-refractivity contribution in [3.05, 3.63) is 34.3 Å². The zero-order chi connectivity index (χ0) is 16.9. The van der Waals surface area contributed by atoms with E-state index in [1.165, 1.54) is 10.0 Å². The lowest BCUT2D eigenvalue weighted by Crippen LogP contribution is -2.40. The van der Waals surface area contributed by atoms with Crippen LogP contribution in [0.25, 0.3) is 0 Å². The molecule has 23 heavy (non-hydrogen) atoms. The van der Waals surface area contributed by atoms with Gasteiger partial charge in [0.15, 0.2) is 0 Å². The van der Waals surface area contributed by atoms with Crippen molar-refractivity contribution in [1.82, 2.24) is 10.2 Å². The van der Waals surface area contributed by atoms with Crippen LogP contribution in [0.2, 0.25) is 0 Å². The number of ether oxygens (including phenoxy) is 1. The second-order valence-corrected chi connectivity index (χ2v) is 8.05. The van der Waals surface area contributed by atoms with E-state index in [1.807, 2.05) is 26.8 Å². The highest BCUT2D eigenvalue weighted by molar-refractivity contribution is 9.10. The lowest BCUT2D eigenvalue weighted by Gasteiger charge is -2.32. The number of amides is 1. The minimum absolute atomic E-state index is 0.312. The van der Waals surface area contributed by atoms with Gasteiger partial charge in [-0.15, -0.1) is 0 Å². The molecule has 1 saturated heterocycles. The molecule has 4 nitrogen and oxygen atoms in total. The van der Waals surface area contributed by atoms with Gasteiger partial charge in [-0.1, -0.05) is 34.1 Å². The predicted molar refractivity (Wildman–Crippen MR) is 96.4 cm³/mol. The normalized spacial score (nSPS) is 17.0. The SMILES string of the molecule is CC(C)(C)OC(=O)NCC1CCN(Cc2ccccc2Br)CC1. The number of hydrogen-bond acceptors (Lipinski definition) is 3. The molecule has 1 aliphatic heterocycles. The van der Waals surface area contributed by atoms with Gasteiger partial charge >= 0.3 is 6.09 Å². The summed E-state index contributed by atoms with van der Waals surface area (Å²) < 4.78 is 6.45. The molecule has 128 valence electrons. The first-order valence-corrected chi connectivity index (χ1v) is 9.05. The molecule has 1 amide bonds. The molecular formula is C18H27BrN2O2. The zero-order valence-electron chi connectivity index (χ0n) is 14.3. The van der Waals surface area contributed by atoms with Gasteiger partial charge in [-0.2, -0.15) is 0 Å². The minimum Gasteiger partial charge on any atom is -0.444 e. The van der Waals surface area contributed by atoms with E-state index in [-0.39, 0.29) is 6.09 Å². The van der Waals surface area contributed by atoms with Crippen LogP contribution in [0.4, 0.5) is 4.79 Å². The van der Waals surface area contributed by atoms with E-state index >= 15 is 0 Å². The van der Waals surface area contributed by atoms with Crippen molar-refractivity contribution in [2.75, 3.05) is 19.6 Å². The molecule has 0 saturated carbocycles. The largest absolute Gasteiger partial charge is 0.444 e. The first kappa shape index (κ1) is 18.3. The van der Waals surface area contributed by atoms with Gasteiger partial charge in [-0.25, -0.2) is 4.79 Å². The summed E-state index contributed by atoms with van der Waals surface area (Å²) in [6.07, 6.45) is 1.91. The molecular weight excluding hydrogens is 356 g/mol. The maximum absolute atomic E-state index is 11.7. The molecule has 0 unspecified atom stereocenters. The highest BCUT2D eigenvalue weighted by Crippen LogP contribution is 2.22. The zero-order valence-corrected chi connectivity index (χ0v) is 15.9. The van der Waals surface area contributed by atoms with Crippen LogP contribution in [0.1, 0.15) is 39.2 Å². The summed E-state index contributed by atoms with van der Waals surface area (Å²) >= 11 is 3.61. The molecule has 1 aromatic carbocycles. The van der Waals surface area contributed by atoms with Crippen molar-refractivity contribution < 1.29 is 9.53 Å². The Hall–Kier alpha value is -1.07. The minimum atomic E-state index is -0.434. The number of halogens is 1. The van der Waals surface area contributed by atoms with Gasteiger partial charge in [-0.05, 0) is 64.3 Å². The Morgan fingerprint density at radius 3 is 2.57 bits per heavy atom. The van der Waals surface area contributed by atoms with Crippen LogP contribution in [0.5, 0.6) is 0 Å². The monoisotopic (exact) mass is 382 g/mol. The number of carbonyl (C=O) groups is 1. The molecule has 1 aliphatic rings. The second-order valence-electron chi connectivity index (χ2n) is 7.19. The first-order chi connectivity index (χ1) is 10.8. The number of alkyl carbamates (subject to hydrolysis) is 1. The molecule has 0 aliphatic carbocycles.